The Labute approximate surface area is 127 Å². The molecule has 21 heavy (non-hydrogen) atoms. The second kappa shape index (κ2) is 6.01. The van der Waals surface area contributed by atoms with Crippen LogP contribution in [0.15, 0.2) is 52.0 Å². The molecule has 106 valence electrons. The third-order valence-corrected chi connectivity index (χ3v) is 3.96. The molecule has 0 aliphatic carbocycles. The monoisotopic (exact) mass is 296 g/mol. The summed E-state index contributed by atoms with van der Waals surface area (Å²) in [4.78, 5) is 4.30. The molecule has 0 spiro atoms. The number of benzene rings is 2. The van der Waals surface area contributed by atoms with Crippen LogP contribution in [-0.2, 0) is 0 Å². The zero-order chi connectivity index (χ0) is 14.7. The summed E-state index contributed by atoms with van der Waals surface area (Å²) in [5.74, 6) is 0. The summed E-state index contributed by atoms with van der Waals surface area (Å²) >= 11 is 1.50. The molecule has 1 N–H and O–H groups in total. The van der Waals surface area contributed by atoms with Gasteiger partial charge in [0.1, 0.15) is 0 Å². The topological polar surface area (TPSA) is 49.6 Å². The summed E-state index contributed by atoms with van der Waals surface area (Å²) in [5.41, 5.74) is 2.96. The predicted molar refractivity (Wildman–Crippen MR) is 89.1 cm³/mol. The second-order valence-electron chi connectivity index (χ2n) is 4.68. The first-order chi connectivity index (χ1) is 10.3. The standard InChI is InChI=1S/C16H16N4S/c1-3-17-14-8-9-15(13-7-5-4-6-12(13)14)19-20-16-18-11(2)10-21-16/h4-10,17H,3H2,1-2H3. The van der Waals surface area contributed by atoms with E-state index in [9.17, 15) is 0 Å². The maximum Gasteiger partial charge on any atom is 0.230 e. The molecular weight excluding hydrogens is 280 g/mol. The number of aromatic nitrogens is 1. The molecule has 3 rings (SSSR count). The molecule has 2 aromatic carbocycles. The van der Waals surface area contributed by atoms with E-state index in [0.717, 1.165) is 34.4 Å². The van der Waals surface area contributed by atoms with E-state index < -0.39 is 0 Å². The number of hydrogen-bond acceptors (Lipinski definition) is 5. The molecule has 0 aliphatic heterocycles. The Morgan fingerprint density at radius 2 is 1.90 bits per heavy atom. The molecule has 1 heterocycles. The number of anilines is 1. The van der Waals surface area contributed by atoms with E-state index in [4.69, 9.17) is 0 Å². The SMILES string of the molecule is CCNc1ccc(N=Nc2nc(C)cs2)c2ccccc12. The molecule has 0 bridgehead atoms. The first-order valence-corrected chi connectivity index (χ1v) is 7.75. The Bertz CT molecular complexity index is 792. The van der Waals surface area contributed by atoms with Crippen LogP contribution >= 0.6 is 11.3 Å². The van der Waals surface area contributed by atoms with Crippen molar-refractivity contribution in [1.29, 1.82) is 0 Å². The number of nitrogens with zero attached hydrogens (tertiary/aromatic N) is 3. The Kier molecular flexibility index (Phi) is 3.92. The summed E-state index contributed by atoms with van der Waals surface area (Å²) < 4.78 is 0. The summed E-state index contributed by atoms with van der Waals surface area (Å²) in [5, 5.41) is 16.9. The smallest absolute Gasteiger partial charge is 0.230 e. The van der Waals surface area contributed by atoms with Crippen LogP contribution in [0.1, 0.15) is 12.6 Å². The van der Waals surface area contributed by atoms with Gasteiger partial charge in [-0.25, -0.2) is 4.98 Å². The molecule has 5 heteroatoms. The average Bonchev–Trinajstić information content (AvgIpc) is 2.92. The van der Waals surface area contributed by atoms with E-state index in [1.807, 2.05) is 36.6 Å². The molecule has 0 atom stereocenters. The van der Waals surface area contributed by atoms with Crippen molar-refractivity contribution in [3.63, 3.8) is 0 Å². The van der Waals surface area contributed by atoms with Gasteiger partial charge in [-0.2, -0.15) is 0 Å². The number of azo groups is 1. The van der Waals surface area contributed by atoms with Gasteiger partial charge in [-0.3, -0.25) is 0 Å². The van der Waals surface area contributed by atoms with Gasteiger partial charge in [-0.1, -0.05) is 24.3 Å². The van der Waals surface area contributed by atoms with Crippen LogP contribution in [0.25, 0.3) is 10.8 Å². The number of nitrogens with one attached hydrogen (secondary N) is 1. The van der Waals surface area contributed by atoms with Gasteiger partial charge in [-0.05, 0) is 26.0 Å². The highest BCUT2D eigenvalue weighted by molar-refractivity contribution is 7.13. The number of aryl methyl sites for hydroxylation is 1. The number of hydrogen-bond donors (Lipinski definition) is 1. The summed E-state index contributed by atoms with van der Waals surface area (Å²) in [6.07, 6.45) is 0. The van der Waals surface area contributed by atoms with Crippen LogP contribution < -0.4 is 5.32 Å². The van der Waals surface area contributed by atoms with Crippen LogP contribution in [0.4, 0.5) is 16.5 Å². The zero-order valence-corrected chi connectivity index (χ0v) is 12.8. The van der Waals surface area contributed by atoms with Crippen molar-refractivity contribution < 1.29 is 0 Å². The molecule has 0 unspecified atom stereocenters. The van der Waals surface area contributed by atoms with Gasteiger partial charge in [0, 0.05) is 28.4 Å². The van der Waals surface area contributed by atoms with Gasteiger partial charge in [-0.15, -0.1) is 21.6 Å². The van der Waals surface area contributed by atoms with Gasteiger partial charge in [0.25, 0.3) is 0 Å². The minimum atomic E-state index is 0.687. The van der Waals surface area contributed by atoms with Gasteiger partial charge in [0.05, 0.1) is 11.4 Å². The highest BCUT2D eigenvalue weighted by Gasteiger charge is 2.05. The Balaban J connectivity index is 2.03. The van der Waals surface area contributed by atoms with E-state index in [2.05, 4.69) is 39.6 Å². The molecule has 4 nitrogen and oxygen atoms in total. The summed E-state index contributed by atoms with van der Waals surface area (Å²) in [6, 6.07) is 12.3. The number of rotatable bonds is 4. The normalized spacial score (nSPS) is 11.3. The van der Waals surface area contributed by atoms with Crippen LogP contribution in [0, 0.1) is 6.92 Å². The quantitative estimate of drug-likeness (QED) is 0.651. The van der Waals surface area contributed by atoms with E-state index >= 15 is 0 Å². The average molecular weight is 296 g/mol. The van der Waals surface area contributed by atoms with Crippen molar-refractivity contribution in [2.24, 2.45) is 10.2 Å². The lowest BCUT2D eigenvalue weighted by atomic mass is 10.1. The molecule has 0 radical (unpaired) electrons. The van der Waals surface area contributed by atoms with E-state index in [1.54, 1.807) is 0 Å². The maximum absolute atomic E-state index is 4.36. The van der Waals surface area contributed by atoms with E-state index in [1.165, 1.54) is 11.3 Å². The van der Waals surface area contributed by atoms with E-state index in [0.29, 0.717) is 5.13 Å². The molecule has 0 amide bonds. The molecule has 0 fully saturated rings. The first kappa shape index (κ1) is 13.7. The third-order valence-electron chi connectivity index (χ3n) is 3.12. The van der Waals surface area contributed by atoms with Crippen molar-refractivity contribution in [2.75, 3.05) is 11.9 Å². The molecule has 3 aromatic rings. The van der Waals surface area contributed by atoms with Crippen molar-refractivity contribution >= 4 is 38.6 Å². The minimum Gasteiger partial charge on any atom is -0.385 e. The number of thiazole rings is 1. The van der Waals surface area contributed by atoms with Crippen molar-refractivity contribution in [1.82, 2.24) is 4.98 Å². The van der Waals surface area contributed by atoms with Gasteiger partial charge in [0.2, 0.25) is 5.13 Å². The Morgan fingerprint density at radius 1 is 1.10 bits per heavy atom. The van der Waals surface area contributed by atoms with Crippen molar-refractivity contribution in [3.05, 3.63) is 47.5 Å². The number of fused-ring (bicyclic) bond motifs is 1. The fraction of sp³-hybridized carbons (Fsp3) is 0.188. The van der Waals surface area contributed by atoms with Crippen molar-refractivity contribution in [3.8, 4) is 0 Å². The molecule has 0 saturated heterocycles. The molecule has 1 aromatic heterocycles. The van der Waals surface area contributed by atoms with E-state index in [-0.39, 0.29) is 0 Å². The zero-order valence-electron chi connectivity index (χ0n) is 12.0. The fourth-order valence-corrected chi connectivity index (χ4v) is 2.81. The van der Waals surface area contributed by atoms with Crippen LogP contribution in [0.5, 0.6) is 0 Å². The lowest BCUT2D eigenvalue weighted by Gasteiger charge is -2.09. The predicted octanol–water partition coefficient (Wildman–Crippen LogP) is 5.45. The second-order valence-corrected chi connectivity index (χ2v) is 5.52. The highest BCUT2D eigenvalue weighted by atomic mass is 32.1. The first-order valence-electron chi connectivity index (χ1n) is 6.87. The highest BCUT2D eigenvalue weighted by Crippen LogP contribution is 2.33. The molecular formula is C16H16N4S. The minimum absolute atomic E-state index is 0.687. The van der Waals surface area contributed by atoms with Crippen LogP contribution in [0.2, 0.25) is 0 Å². The largest absolute Gasteiger partial charge is 0.385 e. The van der Waals surface area contributed by atoms with Crippen molar-refractivity contribution in [2.45, 2.75) is 13.8 Å². The maximum atomic E-state index is 4.36. The third kappa shape index (κ3) is 2.92. The Morgan fingerprint density at radius 3 is 2.62 bits per heavy atom. The van der Waals surface area contributed by atoms with Gasteiger partial charge >= 0.3 is 0 Å². The van der Waals surface area contributed by atoms with Gasteiger partial charge in [0.15, 0.2) is 0 Å². The summed E-state index contributed by atoms with van der Waals surface area (Å²) in [6.45, 7) is 4.94. The Hall–Kier alpha value is -2.27. The lowest BCUT2D eigenvalue weighted by molar-refractivity contribution is 1.17. The van der Waals surface area contributed by atoms with Gasteiger partial charge < -0.3 is 5.32 Å². The fourth-order valence-electron chi connectivity index (χ4n) is 2.20. The summed E-state index contributed by atoms with van der Waals surface area (Å²) in [7, 11) is 0. The molecule has 0 aliphatic rings. The van der Waals surface area contributed by atoms with Crippen LogP contribution in [-0.4, -0.2) is 11.5 Å². The molecule has 0 saturated carbocycles. The van der Waals surface area contributed by atoms with Crippen LogP contribution in [0.3, 0.4) is 0 Å². The lowest BCUT2D eigenvalue weighted by Crippen LogP contribution is -1.96.